The van der Waals surface area contributed by atoms with Gasteiger partial charge in [-0.25, -0.2) is 0 Å². The second-order valence-electron chi connectivity index (χ2n) is 4.84. The van der Waals surface area contributed by atoms with Crippen LogP contribution in [0.5, 0.6) is 5.75 Å². The van der Waals surface area contributed by atoms with E-state index in [0.29, 0.717) is 12.3 Å². The van der Waals surface area contributed by atoms with Gasteiger partial charge in [0.1, 0.15) is 23.7 Å². The number of nitrogens with zero attached hydrogens (tertiary/aromatic N) is 1. The number of carbonyl (C=O) groups is 1. The molecule has 1 amide bonds. The Morgan fingerprint density at radius 2 is 2.21 bits per heavy atom. The molecule has 1 aliphatic heterocycles. The van der Waals surface area contributed by atoms with Gasteiger partial charge in [0.2, 0.25) is 0 Å². The Morgan fingerprint density at radius 3 is 3.00 bits per heavy atom. The number of nitrogens with one attached hydrogen (secondary N) is 2. The van der Waals surface area contributed by atoms with Gasteiger partial charge in [-0.1, -0.05) is 12.1 Å². The van der Waals surface area contributed by atoms with Gasteiger partial charge in [0.15, 0.2) is 0 Å². The van der Waals surface area contributed by atoms with Crippen molar-refractivity contribution >= 4 is 5.91 Å². The lowest BCUT2D eigenvalue weighted by atomic mass is 10.0. The van der Waals surface area contributed by atoms with Crippen molar-refractivity contribution in [3.63, 3.8) is 0 Å². The number of aromatic nitrogens is 2. The average molecular weight is 257 g/mol. The maximum Gasteiger partial charge on any atom is 0.269 e. The van der Waals surface area contributed by atoms with Crippen molar-refractivity contribution in [2.45, 2.75) is 26.5 Å². The molecular formula is C14H15N3O2. The fraction of sp³-hybridized carbons (Fsp3) is 0.286. The zero-order valence-electron chi connectivity index (χ0n) is 10.9. The number of para-hydroxylation sites is 1. The normalized spacial score (nSPS) is 12.6. The standard InChI is InChI=1S/C14H15N3O2/c1-8(2)15-14(18)13-10-7-19-11-6-4-3-5-9(11)12(10)16-17-13/h3-6,8H,7H2,1-2H3,(H,15,18)(H,16,17). The number of amides is 1. The topological polar surface area (TPSA) is 67.0 Å². The van der Waals surface area contributed by atoms with Crippen LogP contribution in [0.15, 0.2) is 24.3 Å². The van der Waals surface area contributed by atoms with Crippen LogP contribution in [-0.2, 0) is 6.61 Å². The predicted octanol–water partition coefficient (Wildman–Crippen LogP) is 2.11. The van der Waals surface area contributed by atoms with Gasteiger partial charge in [-0.2, -0.15) is 5.10 Å². The molecular weight excluding hydrogens is 242 g/mol. The summed E-state index contributed by atoms with van der Waals surface area (Å²) in [6.07, 6.45) is 0. The van der Waals surface area contributed by atoms with E-state index in [2.05, 4.69) is 15.5 Å². The Labute approximate surface area is 111 Å². The number of carbonyl (C=O) groups excluding carboxylic acids is 1. The molecule has 5 heteroatoms. The molecule has 98 valence electrons. The molecule has 0 unspecified atom stereocenters. The van der Waals surface area contributed by atoms with E-state index in [0.717, 1.165) is 22.6 Å². The van der Waals surface area contributed by atoms with Gasteiger partial charge in [-0.3, -0.25) is 9.89 Å². The molecule has 0 atom stereocenters. The highest BCUT2D eigenvalue weighted by Crippen LogP contribution is 2.36. The van der Waals surface area contributed by atoms with E-state index in [1.165, 1.54) is 0 Å². The van der Waals surface area contributed by atoms with Crippen LogP contribution in [0.3, 0.4) is 0 Å². The number of rotatable bonds is 2. The van der Waals surface area contributed by atoms with Crippen LogP contribution in [0.1, 0.15) is 29.9 Å². The first-order valence-electron chi connectivity index (χ1n) is 6.27. The Kier molecular flexibility index (Phi) is 2.74. The van der Waals surface area contributed by atoms with Gasteiger partial charge in [0, 0.05) is 17.2 Å². The average Bonchev–Trinajstić information content (AvgIpc) is 2.82. The third-order valence-corrected chi connectivity index (χ3v) is 3.03. The summed E-state index contributed by atoms with van der Waals surface area (Å²) in [5.41, 5.74) is 3.02. The molecule has 2 heterocycles. The minimum absolute atomic E-state index is 0.0863. The first-order valence-corrected chi connectivity index (χ1v) is 6.27. The number of aromatic amines is 1. The lowest BCUT2D eigenvalue weighted by Crippen LogP contribution is -2.31. The van der Waals surface area contributed by atoms with Gasteiger partial charge in [0.25, 0.3) is 5.91 Å². The van der Waals surface area contributed by atoms with E-state index in [1.54, 1.807) is 0 Å². The number of H-pyrrole nitrogens is 1. The monoisotopic (exact) mass is 257 g/mol. The minimum Gasteiger partial charge on any atom is -0.488 e. The van der Waals surface area contributed by atoms with Crippen LogP contribution in [0.4, 0.5) is 0 Å². The van der Waals surface area contributed by atoms with Gasteiger partial charge in [-0.05, 0) is 26.0 Å². The van der Waals surface area contributed by atoms with Crippen molar-refractivity contribution in [2.24, 2.45) is 0 Å². The molecule has 2 N–H and O–H groups in total. The second-order valence-corrected chi connectivity index (χ2v) is 4.84. The third-order valence-electron chi connectivity index (χ3n) is 3.03. The van der Waals surface area contributed by atoms with Crippen molar-refractivity contribution in [1.29, 1.82) is 0 Å². The summed E-state index contributed by atoms with van der Waals surface area (Å²) in [5.74, 6) is 0.657. The van der Waals surface area contributed by atoms with Crippen molar-refractivity contribution in [3.8, 4) is 17.0 Å². The summed E-state index contributed by atoms with van der Waals surface area (Å²) in [7, 11) is 0. The molecule has 0 spiro atoms. The van der Waals surface area contributed by atoms with E-state index >= 15 is 0 Å². The summed E-state index contributed by atoms with van der Waals surface area (Å²) >= 11 is 0. The third kappa shape index (κ3) is 1.97. The zero-order valence-corrected chi connectivity index (χ0v) is 10.9. The van der Waals surface area contributed by atoms with Crippen molar-refractivity contribution in [1.82, 2.24) is 15.5 Å². The number of hydrogen-bond donors (Lipinski definition) is 2. The molecule has 5 nitrogen and oxygen atoms in total. The zero-order chi connectivity index (χ0) is 13.4. The molecule has 0 radical (unpaired) electrons. The Hall–Kier alpha value is -2.30. The molecule has 2 aromatic rings. The predicted molar refractivity (Wildman–Crippen MR) is 71.0 cm³/mol. The second kappa shape index (κ2) is 4.42. The van der Waals surface area contributed by atoms with Gasteiger partial charge < -0.3 is 10.1 Å². The largest absolute Gasteiger partial charge is 0.488 e. The molecule has 0 aliphatic carbocycles. The molecule has 0 saturated heterocycles. The van der Waals surface area contributed by atoms with Crippen LogP contribution in [0, 0.1) is 0 Å². The van der Waals surface area contributed by atoms with Crippen LogP contribution >= 0.6 is 0 Å². The van der Waals surface area contributed by atoms with E-state index < -0.39 is 0 Å². The first-order chi connectivity index (χ1) is 9.16. The highest BCUT2D eigenvalue weighted by atomic mass is 16.5. The molecule has 1 aromatic carbocycles. The van der Waals surface area contributed by atoms with E-state index in [1.807, 2.05) is 38.1 Å². The summed E-state index contributed by atoms with van der Waals surface area (Å²) < 4.78 is 5.66. The smallest absolute Gasteiger partial charge is 0.269 e. The quantitative estimate of drug-likeness (QED) is 0.865. The Morgan fingerprint density at radius 1 is 1.42 bits per heavy atom. The van der Waals surface area contributed by atoms with Crippen molar-refractivity contribution in [2.75, 3.05) is 0 Å². The lowest BCUT2D eigenvalue weighted by molar-refractivity contribution is 0.0935. The number of fused-ring (bicyclic) bond motifs is 3. The van der Waals surface area contributed by atoms with Gasteiger partial charge in [0.05, 0.1) is 0 Å². The highest BCUT2D eigenvalue weighted by Gasteiger charge is 2.26. The molecule has 1 aliphatic rings. The van der Waals surface area contributed by atoms with E-state index in [4.69, 9.17) is 4.74 Å². The lowest BCUT2D eigenvalue weighted by Gasteiger charge is -2.17. The highest BCUT2D eigenvalue weighted by molar-refractivity contribution is 5.96. The van der Waals surface area contributed by atoms with Crippen LogP contribution in [0.25, 0.3) is 11.3 Å². The molecule has 3 rings (SSSR count). The number of benzene rings is 1. The fourth-order valence-electron chi connectivity index (χ4n) is 2.19. The van der Waals surface area contributed by atoms with Crippen LogP contribution in [-0.4, -0.2) is 22.1 Å². The van der Waals surface area contributed by atoms with Crippen LogP contribution < -0.4 is 10.1 Å². The molecule has 0 saturated carbocycles. The fourth-order valence-corrected chi connectivity index (χ4v) is 2.19. The minimum atomic E-state index is -0.147. The first kappa shape index (κ1) is 11.8. The van der Waals surface area contributed by atoms with Crippen molar-refractivity contribution < 1.29 is 9.53 Å². The summed E-state index contributed by atoms with van der Waals surface area (Å²) in [6, 6.07) is 7.78. The SMILES string of the molecule is CC(C)NC(=O)c1[nH]nc2c1COc1ccccc1-2. The summed E-state index contributed by atoms with van der Waals surface area (Å²) in [4.78, 5) is 12.1. The molecule has 19 heavy (non-hydrogen) atoms. The Bertz CT molecular complexity index is 631. The van der Waals surface area contributed by atoms with E-state index in [-0.39, 0.29) is 11.9 Å². The number of ether oxygens (including phenoxy) is 1. The molecule has 0 fully saturated rings. The van der Waals surface area contributed by atoms with Crippen LogP contribution in [0.2, 0.25) is 0 Å². The molecule has 1 aromatic heterocycles. The molecule has 0 bridgehead atoms. The van der Waals surface area contributed by atoms with Crippen molar-refractivity contribution in [3.05, 3.63) is 35.5 Å². The van der Waals surface area contributed by atoms with Gasteiger partial charge in [-0.15, -0.1) is 0 Å². The summed E-state index contributed by atoms with van der Waals surface area (Å²) in [5, 5.41) is 9.93. The maximum absolute atomic E-state index is 12.1. The maximum atomic E-state index is 12.1. The number of hydrogen-bond acceptors (Lipinski definition) is 3. The Balaban J connectivity index is 2.02. The summed E-state index contributed by atoms with van der Waals surface area (Å²) in [6.45, 7) is 4.21. The van der Waals surface area contributed by atoms with Gasteiger partial charge >= 0.3 is 0 Å². The van der Waals surface area contributed by atoms with E-state index in [9.17, 15) is 4.79 Å².